The second kappa shape index (κ2) is 6.17. The predicted octanol–water partition coefficient (Wildman–Crippen LogP) is 2.07. The van der Waals surface area contributed by atoms with E-state index in [1.807, 2.05) is 24.3 Å². The van der Waals surface area contributed by atoms with Crippen LogP contribution in [0.4, 0.5) is 5.82 Å². The zero-order valence-electron chi connectivity index (χ0n) is 11.3. The molecule has 2 aromatic rings. The van der Waals surface area contributed by atoms with Crippen LogP contribution in [0.5, 0.6) is 0 Å². The smallest absolute Gasteiger partial charge is 0.146 e. The average Bonchev–Trinajstić information content (AvgIpc) is 3.00. The number of aromatic nitrogens is 1. The molecule has 1 atom stereocenters. The minimum Gasteiger partial charge on any atom is -0.381 e. The van der Waals surface area contributed by atoms with Gasteiger partial charge in [-0.1, -0.05) is 18.2 Å². The van der Waals surface area contributed by atoms with E-state index in [2.05, 4.69) is 16.5 Å². The van der Waals surface area contributed by atoms with Crippen LogP contribution in [-0.4, -0.2) is 24.8 Å². The van der Waals surface area contributed by atoms with E-state index in [1.54, 1.807) is 0 Å². The SMILES string of the molecule is NNc1nc2ccccc2cc1COCC1CCOC1. The van der Waals surface area contributed by atoms with Crippen molar-refractivity contribution in [1.29, 1.82) is 0 Å². The van der Waals surface area contributed by atoms with Gasteiger partial charge in [0, 0.05) is 23.5 Å². The van der Waals surface area contributed by atoms with Gasteiger partial charge in [-0.15, -0.1) is 0 Å². The number of pyridine rings is 1. The van der Waals surface area contributed by atoms with E-state index >= 15 is 0 Å². The van der Waals surface area contributed by atoms with E-state index in [0.29, 0.717) is 18.3 Å². The largest absolute Gasteiger partial charge is 0.381 e. The number of benzene rings is 1. The Labute approximate surface area is 118 Å². The van der Waals surface area contributed by atoms with Gasteiger partial charge in [0.2, 0.25) is 0 Å². The molecule has 1 fully saturated rings. The van der Waals surface area contributed by atoms with Crippen LogP contribution in [0.3, 0.4) is 0 Å². The van der Waals surface area contributed by atoms with Gasteiger partial charge in [0.05, 0.1) is 25.3 Å². The van der Waals surface area contributed by atoms with Crippen molar-refractivity contribution in [1.82, 2.24) is 4.98 Å². The number of nitrogens with two attached hydrogens (primary N) is 1. The second-order valence-electron chi connectivity index (χ2n) is 5.08. The highest BCUT2D eigenvalue weighted by Gasteiger charge is 2.16. The Morgan fingerprint density at radius 1 is 1.40 bits per heavy atom. The highest BCUT2D eigenvalue weighted by molar-refractivity contribution is 5.81. The van der Waals surface area contributed by atoms with Crippen molar-refractivity contribution < 1.29 is 9.47 Å². The lowest BCUT2D eigenvalue weighted by Crippen LogP contribution is -2.13. The Kier molecular flexibility index (Phi) is 4.11. The number of anilines is 1. The van der Waals surface area contributed by atoms with Crippen molar-refractivity contribution in [3.8, 4) is 0 Å². The third-order valence-corrected chi connectivity index (χ3v) is 3.57. The number of hydrazine groups is 1. The molecule has 1 saturated heterocycles. The number of nitrogen functional groups attached to an aromatic ring is 1. The van der Waals surface area contributed by atoms with Gasteiger partial charge < -0.3 is 14.9 Å². The first kappa shape index (κ1) is 13.3. The Morgan fingerprint density at radius 2 is 2.30 bits per heavy atom. The maximum Gasteiger partial charge on any atom is 0.146 e. The van der Waals surface area contributed by atoms with Gasteiger partial charge in [-0.3, -0.25) is 0 Å². The van der Waals surface area contributed by atoms with Gasteiger partial charge >= 0.3 is 0 Å². The molecule has 5 nitrogen and oxygen atoms in total. The topological polar surface area (TPSA) is 69.4 Å². The lowest BCUT2D eigenvalue weighted by molar-refractivity contribution is 0.0793. The molecule has 1 aromatic heterocycles. The number of nitrogens with one attached hydrogen (secondary N) is 1. The molecule has 3 N–H and O–H groups in total. The summed E-state index contributed by atoms with van der Waals surface area (Å²) in [5.74, 6) is 6.73. The summed E-state index contributed by atoms with van der Waals surface area (Å²) in [6.07, 6.45) is 1.08. The first-order valence-corrected chi connectivity index (χ1v) is 6.87. The molecule has 1 aliphatic rings. The molecule has 0 bridgehead atoms. The first-order chi connectivity index (χ1) is 9.86. The van der Waals surface area contributed by atoms with Crippen LogP contribution >= 0.6 is 0 Å². The molecule has 0 saturated carbocycles. The molecule has 20 heavy (non-hydrogen) atoms. The Bertz CT molecular complexity index is 582. The molecule has 0 spiro atoms. The number of rotatable bonds is 5. The first-order valence-electron chi connectivity index (χ1n) is 6.87. The van der Waals surface area contributed by atoms with E-state index in [0.717, 1.165) is 42.7 Å². The number of nitrogens with zero attached hydrogens (tertiary/aromatic N) is 1. The fourth-order valence-electron chi connectivity index (χ4n) is 2.45. The highest BCUT2D eigenvalue weighted by atomic mass is 16.5. The van der Waals surface area contributed by atoms with Gasteiger partial charge in [-0.05, 0) is 18.6 Å². The highest BCUT2D eigenvalue weighted by Crippen LogP contribution is 2.21. The van der Waals surface area contributed by atoms with Crippen molar-refractivity contribution in [2.75, 3.05) is 25.2 Å². The van der Waals surface area contributed by atoms with Crippen LogP contribution in [0, 0.1) is 5.92 Å². The molecule has 0 aliphatic carbocycles. The summed E-state index contributed by atoms with van der Waals surface area (Å²) in [7, 11) is 0. The van der Waals surface area contributed by atoms with Crippen LogP contribution < -0.4 is 11.3 Å². The summed E-state index contributed by atoms with van der Waals surface area (Å²) in [5, 5.41) is 1.09. The van der Waals surface area contributed by atoms with Crippen molar-refractivity contribution in [2.24, 2.45) is 11.8 Å². The van der Waals surface area contributed by atoms with E-state index in [4.69, 9.17) is 15.3 Å². The Balaban J connectivity index is 1.72. The standard InChI is InChI=1S/C15H19N3O2/c16-18-15-13(10-20-9-11-5-6-19-8-11)7-12-3-1-2-4-14(12)17-15/h1-4,7,11H,5-6,8-10,16H2,(H,17,18). The van der Waals surface area contributed by atoms with Gasteiger partial charge in [-0.25, -0.2) is 10.8 Å². The van der Waals surface area contributed by atoms with Gasteiger partial charge in [-0.2, -0.15) is 0 Å². The summed E-state index contributed by atoms with van der Waals surface area (Å²) < 4.78 is 11.1. The molecular formula is C15H19N3O2. The monoisotopic (exact) mass is 273 g/mol. The molecule has 1 unspecified atom stereocenters. The minimum absolute atomic E-state index is 0.508. The Morgan fingerprint density at radius 3 is 3.10 bits per heavy atom. The zero-order chi connectivity index (χ0) is 13.8. The normalized spacial score (nSPS) is 18.6. The number of hydrogen-bond acceptors (Lipinski definition) is 5. The Hall–Kier alpha value is -1.69. The summed E-state index contributed by atoms with van der Waals surface area (Å²) in [6.45, 7) is 2.88. The number of fused-ring (bicyclic) bond motifs is 1. The van der Waals surface area contributed by atoms with E-state index in [1.165, 1.54) is 0 Å². The van der Waals surface area contributed by atoms with Crippen molar-refractivity contribution >= 4 is 16.7 Å². The molecular weight excluding hydrogens is 254 g/mol. The maximum absolute atomic E-state index is 5.78. The molecule has 0 radical (unpaired) electrons. The molecule has 1 aliphatic heterocycles. The number of para-hydroxylation sites is 1. The number of ether oxygens (including phenoxy) is 2. The lowest BCUT2D eigenvalue weighted by atomic mass is 10.1. The fourth-order valence-corrected chi connectivity index (χ4v) is 2.45. The van der Waals surface area contributed by atoms with E-state index < -0.39 is 0 Å². The van der Waals surface area contributed by atoms with Crippen LogP contribution in [0.1, 0.15) is 12.0 Å². The minimum atomic E-state index is 0.508. The summed E-state index contributed by atoms with van der Waals surface area (Å²) in [5.41, 5.74) is 4.55. The molecule has 1 aromatic carbocycles. The molecule has 106 valence electrons. The third kappa shape index (κ3) is 2.90. The van der Waals surface area contributed by atoms with Crippen molar-refractivity contribution in [2.45, 2.75) is 13.0 Å². The quantitative estimate of drug-likeness (QED) is 0.644. The molecule has 5 heteroatoms. The second-order valence-corrected chi connectivity index (χ2v) is 5.08. The van der Waals surface area contributed by atoms with E-state index in [9.17, 15) is 0 Å². The maximum atomic E-state index is 5.78. The summed E-state index contributed by atoms with van der Waals surface area (Å²) in [6, 6.07) is 10.0. The van der Waals surface area contributed by atoms with Crippen LogP contribution in [0.25, 0.3) is 10.9 Å². The van der Waals surface area contributed by atoms with Crippen LogP contribution in [0.15, 0.2) is 30.3 Å². The fraction of sp³-hybridized carbons (Fsp3) is 0.400. The van der Waals surface area contributed by atoms with Crippen molar-refractivity contribution in [3.05, 3.63) is 35.9 Å². The molecule has 0 amide bonds. The number of hydrogen-bond donors (Lipinski definition) is 2. The van der Waals surface area contributed by atoms with Gasteiger partial charge in [0.15, 0.2) is 0 Å². The molecule has 3 rings (SSSR count). The van der Waals surface area contributed by atoms with Gasteiger partial charge in [0.25, 0.3) is 0 Å². The predicted molar refractivity (Wildman–Crippen MR) is 78.1 cm³/mol. The van der Waals surface area contributed by atoms with Gasteiger partial charge in [0.1, 0.15) is 5.82 Å². The van der Waals surface area contributed by atoms with Crippen LogP contribution in [0.2, 0.25) is 0 Å². The van der Waals surface area contributed by atoms with E-state index in [-0.39, 0.29) is 0 Å². The van der Waals surface area contributed by atoms with Crippen molar-refractivity contribution in [3.63, 3.8) is 0 Å². The van der Waals surface area contributed by atoms with Crippen LogP contribution in [-0.2, 0) is 16.1 Å². The summed E-state index contributed by atoms with van der Waals surface area (Å²) >= 11 is 0. The summed E-state index contributed by atoms with van der Waals surface area (Å²) in [4.78, 5) is 4.50. The molecule has 2 heterocycles. The average molecular weight is 273 g/mol. The lowest BCUT2D eigenvalue weighted by Gasteiger charge is -2.12. The third-order valence-electron chi connectivity index (χ3n) is 3.57. The zero-order valence-corrected chi connectivity index (χ0v) is 11.3.